The maximum atomic E-state index is 5.01. The van der Waals surface area contributed by atoms with Crippen molar-refractivity contribution in [3.05, 3.63) is 24.3 Å². The van der Waals surface area contributed by atoms with E-state index in [9.17, 15) is 0 Å². The first-order valence-corrected chi connectivity index (χ1v) is 9.29. The zero-order chi connectivity index (χ0) is 16.7. The predicted octanol–water partition coefficient (Wildman–Crippen LogP) is 5.75. The average molecular weight is 316 g/mol. The highest BCUT2D eigenvalue weighted by Gasteiger charge is 2.54. The number of hydrogen-bond donors (Lipinski definition) is 0. The minimum absolute atomic E-state index is 0.175. The van der Waals surface area contributed by atoms with E-state index in [2.05, 4.69) is 50.9 Å². The van der Waals surface area contributed by atoms with Crippen LogP contribution in [0.2, 0.25) is 0 Å². The van der Waals surface area contributed by atoms with E-state index >= 15 is 0 Å². The summed E-state index contributed by atoms with van der Waals surface area (Å²) < 4.78 is 0. The van der Waals surface area contributed by atoms with Crippen LogP contribution in [0.4, 0.5) is 0 Å². The minimum Gasteiger partial charge on any atom is -0.399 e. The van der Waals surface area contributed by atoms with Gasteiger partial charge < -0.3 is 4.84 Å². The van der Waals surface area contributed by atoms with Gasteiger partial charge in [0.15, 0.2) is 0 Å². The molecule has 2 saturated carbocycles. The van der Waals surface area contributed by atoms with Crippen molar-refractivity contribution in [3.63, 3.8) is 0 Å². The number of nitrogens with zero attached hydrogens (tertiary/aromatic N) is 1. The molecule has 0 aromatic rings. The molecule has 0 unspecified atom stereocenters. The molecule has 3 aliphatic rings. The third kappa shape index (κ3) is 2.68. The summed E-state index contributed by atoms with van der Waals surface area (Å²) in [7, 11) is 1.65. The van der Waals surface area contributed by atoms with Gasteiger partial charge in [0, 0.05) is 11.6 Å². The van der Waals surface area contributed by atoms with Gasteiger partial charge in [-0.1, -0.05) is 50.1 Å². The molecule has 2 fully saturated rings. The Morgan fingerprint density at radius 2 is 2.04 bits per heavy atom. The summed E-state index contributed by atoms with van der Waals surface area (Å²) in [4.78, 5) is 5.01. The van der Waals surface area contributed by atoms with E-state index < -0.39 is 0 Å². The van der Waals surface area contributed by atoms with Gasteiger partial charge in [0.1, 0.15) is 7.11 Å². The van der Waals surface area contributed by atoms with Gasteiger partial charge in [-0.2, -0.15) is 0 Å². The molecule has 2 nitrogen and oxygen atoms in total. The lowest BCUT2D eigenvalue weighted by Crippen LogP contribution is -2.50. The number of fused-ring (bicyclic) bond motifs is 3. The van der Waals surface area contributed by atoms with Gasteiger partial charge in [0.2, 0.25) is 0 Å². The Kier molecular flexibility index (Phi) is 4.23. The number of allylic oxidation sites excluding steroid dienone is 3. The summed E-state index contributed by atoms with van der Waals surface area (Å²) in [5.74, 6) is 1.45. The van der Waals surface area contributed by atoms with Crippen molar-refractivity contribution < 1.29 is 4.84 Å². The molecular formula is C21H33NO. The average Bonchev–Trinajstić information content (AvgIpc) is 2.52. The van der Waals surface area contributed by atoms with Crippen LogP contribution in [-0.2, 0) is 4.84 Å². The molecule has 3 aliphatic carbocycles. The van der Waals surface area contributed by atoms with Gasteiger partial charge in [-0.15, -0.1) is 6.58 Å². The number of oxime groups is 1. The molecule has 0 aromatic carbocycles. The Balaban J connectivity index is 1.95. The van der Waals surface area contributed by atoms with Crippen molar-refractivity contribution in [1.29, 1.82) is 0 Å². The van der Waals surface area contributed by atoms with E-state index in [1.807, 2.05) is 0 Å². The van der Waals surface area contributed by atoms with Crippen molar-refractivity contribution >= 4 is 6.21 Å². The van der Waals surface area contributed by atoms with Gasteiger partial charge in [0.25, 0.3) is 0 Å². The molecule has 0 N–H and O–H groups in total. The monoisotopic (exact) mass is 315 g/mol. The number of hydrogen-bond acceptors (Lipinski definition) is 2. The lowest BCUT2D eigenvalue weighted by molar-refractivity contribution is 0.0124. The molecule has 23 heavy (non-hydrogen) atoms. The number of rotatable bonds is 3. The Hall–Kier alpha value is -1.05. The second-order valence-electron chi connectivity index (χ2n) is 8.95. The highest BCUT2D eigenvalue weighted by atomic mass is 16.6. The molecule has 128 valence electrons. The normalized spacial score (nSPS) is 46.7. The Labute approximate surface area is 142 Å². The van der Waals surface area contributed by atoms with E-state index in [4.69, 9.17) is 4.84 Å². The van der Waals surface area contributed by atoms with E-state index in [1.54, 1.807) is 12.7 Å². The predicted molar refractivity (Wildman–Crippen MR) is 97.4 cm³/mol. The van der Waals surface area contributed by atoms with Crippen LogP contribution in [0.1, 0.15) is 65.7 Å². The van der Waals surface area contributed by atoms with Crippen LogP contribution in [0.15, 0.2) is 29.5 Å². The molecule has 0 spiro atoms. The first kappa shape index (κ1) is 16.8. The van der Waals surface area contributed by atoms with Crippen LogP contribution in [0.5, 0.6) is 0 Å². The zero-order valence-electron chi connectivity index (χ0n) is 15.4. The summed E-state index contributed by atoms with van der Waals surface area (Å²) in [5.41, 5.74) is 2.57. The molecule has 2 heteroatoms. The smallest absolute Gasteiger partial charge is 0.106 e. The molecule has 0 saturated heterocycles. The largest absolute Gasteiger partial charge is 0.399 e. The fraction of sp³-hybridized carbons (Fsp3) is 0.762. The van der Waals surface area contributed by atoms with E-state index in [0.29, 0.717) is 16.7 Å². The third-order valence-corrected chi connectivity index (χ3v) is 7.33. The van der Waals surface area contributed by atoms with E-state index in [1.165, 1.54) is 38.5 Å². The first-order chi connectivity index (χ1) is 10.9. The Bertz CT molecular complexity index is 536. The first-order valence-electron chi connectivity index (χ1n) is 9.29. The van der Waals surface area contributed by atoms with Crippen LogP contribution in [0, 0.1) is 28.1 Å². The molecule has 0 bridgehead atoms. The van der Waals surface area contributed by atoms with Crippen molar-refractivity contribution in [2.24, 2.45) is 33.2 Å². The van der Waals surface area contributed by atoms with Crippen LogP contribution < -0.4 is 0 Å². The minimum atomic E-state index is 0.175. The van der Waals surface area contributed by atoms with Gasteiger partial charge >= 0.3 is 0 Å². The second kappa shape index (κ2) is 5.79. The van der Waals surface area contributed by atoms with E-state index in [0.717, 1.165) is 12.3 Å². The zero-order valence-corrected chi connectivity index (χ0v) is 15.4. The quantitative estimate of drug-likeness (QED) is 0.369. The van der Waals surface area contributed by atoms with E-state index in [-0.39, 0.29) is 5.41 Å². The fourth-order valence-corrected chi connectivity index (χ4v) is 5.99. The lowest BCUT2D eigenvalue weighted by Gasteiger charge is -2.58. The van der Waals surface area contributed by atoms with Crippen molar-refractivity contribution in [3.8, 4) is 0 Å². The van der Waals surface area contributed by atoms with Crippen molar-refractivity contribution in [1.82, 2.24) is 0 Å². The highest BCUT2D eigenvalue weighted by Crippen LogP contribution is 2.63. The summed E-state index contributed by atoms with van der Waals surface area (Å²) >= 11 is 0. The second-order valence-corrected chi connectivity index (χ2v) is 8.95. The fourth-order valence-electron chi connectivity index (χ4n) is 5.99. The van der Waals surface area contributed by atoms with Crippen LogP contribution >= 0.6 is 0 Å². The topological polar surface area (TPSA) is 21.6 Å². The molecule has 0 aromatic heterocycles. The molecule has 0 aliphatic heterocycles. The maximum absolute atomic E-state index is 5.01. The molecular weight excluding hydrogens is 282 g/mol. The SMILES string of the molecule is C=C[C@@]1(C)CC=C2[C@@H](CC[C@H]3[C@@]2(C)CCC[C@@]3(C)/C=N/OC)C1. The van der Waals surface area contributed by atoms with Gasteiger partial charge in [-0.3, -0.25) is 0 Å². The summed E-state index contributed by atoms with van der Waals surface area (Å²) in [6.07, 6.45) is 15.8. The highest BCUT2D eigenvalue weighted by molar-refractivity contribution is 5.66. The summed E-state index contributed by atoms with van der Waals surface area (Å²) in [5, 5.41) is 4.17. The van der Waals surface area contributed by atoms with Gasteiger partial charge in [-0.05, 0) is 61.2 Å². The van der Waals surface area contributed by atoms with Crippen LogP contribution in [0.25, 0.3) is 0 Å². The Morgan fingerprint density at radius 3 is 2.74 bits per heavy atom. The van der Waals surface area contributed by atoms with Gasteiger partial charge in [0.05, 0.1) is 0 Å². The van der Waals surface area contributed by atoms with Crippen molar-refractivity contribution in [2.45, 2.75) is 65.7 Å². The third-order valence-electron chi connectivity index (χ3n) is 7.33. The molecule has 0 radical (unpaired) electrons. The van der Waals surface area contributed by atoms with Crippen LogP contribution in [0.3, 0.4) is 0 Å². The lowest BCUT2D eigenvalue weighted by atomic mass is 9.46. The van der Waals surface area contributed by atoms with Crippen LogP contribution in [-0.4, -0.2) is 13.3 Å². The Morgan fingerprint density at radius 1 is 1.26 bits per heavy atom. The van der Waals surface area contributed by atoms with Crippen molar-refractivity contribution in [2.75, 3.05) is 7.11 Å². The summed E-state index contributed by atoms with van der Waals surface area (Å²) in [6, 6.07) is 0. The standard InChI is InChI=1S/C21H33NO/c1-6-19(2)13-10-17-16(14-19)8-9-18-20(3,15-22-23-5)11-7-12-21(17,18)4/h6,10,15-16,18H,1,7-9,11-14H2,2-5H3/b22-15+/t16-,18+,19-,20-,21-/m0/s1. The molecule has 0 amide bonds. The van der Waals surface area contributed by atoms with Gasteiger partial charge in [-0.25, -0.2) is 0 Å². The summed E-state index contributed by atoms with van der Waals surface area (Å²) in [6.45, 7) is 11.4. The molecule has 5 atom stereocenters. The molecule has 3 rings (SSSR count). The maximum Gasteiger partial charge on any atom is 0.106 e. The molecule has 0 heterocycles.